The Balaban J connectivity index is 1.66. The van der Waals surface area contributed by atoms with Gasteiger partial charge in [-0.15, -0.1) is 0 Å². The minimum Gasteiger partial charge on any atom is -0.481 e. The van der Waals surface area contributed by atoms with E-state index in [1.165, 1.54) is 11.1 Å². The lowest BCUT2D eigenvalue weighted by Gasteiger charge is -2.07. The number of rotatable bonds is 11. The molecule has 0 saturated heterocycles. The van der Waals surface area contributed by atoms with Gasteiger partial charge < -0.3 is 19.9 Å². The first kappa shape index (κ1) is 19.0. The average molecular weight is 341 g/mol. The fourth-order valence-corrected chi connectivity index (χ4v) is 2.45. The summed E-state index contributed by atoms with van der Waals surface area (Å²) in [6, 6.07) is 18.1. The summed E-state index contributed by atoms with van der Waals surface area (Å²) in [6.07, 6.45) is 4.57. The molecule has 0 spiro atoms. The number of benzene rings is 2. The van der Waals surface area contributed by atoms with Gasteiger partial charge in [-0.3, -0.25) is 0 Å². The maximum Gasteiger partial charge on any atom is 0.279 e. The molecule has 0 aliphatic heterocycles. The second-order valence-electron chi connectivity index (χ2n) is 5.82. The van der Waals surface area contributed by atoms with Gasteiger partial charge in [-0.2, -0.15) is 0 Å². The van der Waals surface area contributed by atoms with Gasteiger partial charge in [0.05, 0.1) is 0 Å². The first-order chi connectivity index (χ1) is 12.3. The van der Waals surface area contributed by atoms with Gasteiger partial charge in [-0.05, 0) is 49.1 Å². The molecule has 0 amide bonds. The van der Waals surface area contributed by atoms with E-state index in [0.717, 1.165) is 32.4 Å². The Bertz CT molecular complexity index is 623. The summed E-state index contributed by atoms with van der Waals surface area (Å²) in [5, 5.41) is 13.1. The van der Waals surface area contributed by atoms with Gasteiger partial charge in [0.2, 0.25) is 0 Å². The summed E-state index contributed by atoms with van der Waals surface area (Å²) in [4.78, 5) is 0. The van der Waals surface area contributed by atoms with E-state index in [-0.39, 0.29) is 5.95 Å². The maximum atomic E-state index is 9.84. The molecule has 2 rings (SSSR count). The number of methoxy groups -OCH3 is 1. The smallest absolute Gasteiger partial charge is 0.279 e. The minimum atomic E-state index is -0.0839. The summed E-state index contributed by atoms with van der Waals surface area (Å²) >= 11 is 0. The molecule has 2 N–H and O–H groups in total. The largest absolute Gasteiger partial charge is 0.481 e. The highest BCUT2D eigenvalue weighted by atomic mass is 16.6. The summed E-state index contributed by atoms with van der Waals surface area (Å²) in [7, 11) is 1.71. The highest BCUT2D eigenvalue weighted by Gasteiger charge is 1.99. The van der Waals surface area contributed by atoms with E-state index in [0.29, 0.717) is 12.3 Å². The second-order valence-corrected chi connectivity index (χ2v) is 5.82. The fourth-order valence-electron chi connectivity index (χ4n) is 2.45. The molecule has 4 heteroatoms. The van der Waals surface area contributed by atoms with Crippen molar-refractivity contribution >= 4 is 0 Å². The molecule has 2 aromatic rings. The van der Waals surface area contributed by atoms with Crippen LogP contribution >= 0.6 is 0 Å². The van der Waals surface area contributed by atoms with Crippen LogP contribution in [0, 0.1) is 0 Å². The van der Waals surface area contributed by atoms with Gasteiger partial charge in [0.1, 0.15) is 5.75 Å². The van der Waals surface area contributed by atoms with Crippen molar-refractivity contribution in [2.75, 3.05) is 26.8 Å². The molecule has 134 valence electrons. The first-order valence-corrected chi connectivity index (χ1v) is 8.67. The zero-order valence-corrected chi connectivity index (χ0v) is 14.8. The Morgan fingerprint density at radius 3 is 2.44 bits per heavy atom. The topological polar surface area (TPSA) is 50.7 Å². The van der Waals surface area contributed by atoms with Gasteiger partial charge in [0.25, 0.3) is 5.95 Å². The Kier molecular flexibility index (Phi) is 8.59. The van der Waals surface area contributed by atoms with Crippen LogP contribution in [0.3, 0.4) is 0 Å². The SMILES string of the molecule is COCCCc1ccc(OC(O)=CCNCCc2ccccc2)cc1. The summed E-state index contributed by atoms with van der Waals surface area (Å²) in [5.41, 5.74) is 2.53. The van der Waals surface area contributed by atoms with E-state index in [9.17, 15) is 5.11 Å². The third-order valence-electron chi connectivity index (χ3n) is 3.81. The van der Waals surface area contributed by atoms with Gasteiger partial charge in [0, 0.05) is 26.3 Å². The normalized spacial score (nSPS) is 11.5. The number of hydrogen-bond acceptors (Lipinski definition) is 4. The number of hydrogen-bond donors (Lipinski definition) is 2. The van der Waals surface area contributed by atoms with Gasteiger partial charge in [-0.1, -0.05) is 42.5 Å². The minimum absolute atomic E-state index is 0.0839. The quantitative estimate of drug-likeness (QED) is 0.481. The van der Waals surface area contributed by atoms with Crippen molar-refractivity contribution < 1.29 is 14.6 Å². The molecule has 4 nitrogen and oxygen atoms in total. The highest BCUT2D eigenvalue weighted by Crippen LogP contribution is 2.15. The van der Waals surface area contributed by atoms with Crippen LogP contribution in [0.2, 0.25) is 0 Å². The van der Waals surface area contributed by atoms with Crippen molar-refractivity contribution in [2.45, 2.75) is 19.3 Å². The summed E-state index contributed by atoms with van der Waals surface area (Å²) in [5.74, 6) is 0.549. The lowest BCUT2D eigenvalue weighted by Crippen LogP contribution is -2.17. The molecule has 0 saturated carbocycles. The molecule has 0 bridgehead atoms. The average Bonchev–Trinajstić information content (AvgIpc) is 2.64. The molecule has 0 atom stereocenters. The monoisotopic (exact) mass is 341 g/mol. The van der Waals surface area contributed by atoms with Crippen molar-refractivity contribution in [3.8, 4) is 5.75 Å². The number of nitrogens with one attached hydrogen (secondary N) is 1. The van der Waals surface area contributed by atoms with E-state index >= 15 is 0 Å². The lowest BCUT2D eigenvalue weighted by atomic mass is 10.1. The van der Waals surface area contributed by atoms with E-state index in [1.54, 1.807) is 13.2 Å². The molecule has 0 fully saturated rings. The number of ether oxygens (including phenoxy) is 2. The Morgan fingerprint density at radius 1 is 1.00 bits per heavy atom. The third-order valence-corrected chi connectivity index (χ3v) is 3.81. The Labute approximate surface area is 150 Å². The van der Waals surface area contributed by atoms with Crippen LogP contribution in [0.5, 0.6) is 5.75 Å². The molecular weight excluding hydrogens is 314 g/mol. The number of aliphatic hydroxyl groups is 1. The highest BCUT2D eigenvalue weighted by molar-refractivity contribution is 5.28. The number of aliphatic hydroxyl groups excluding tert-OH is 1. The maximum absolute atomic E-state index is 9.84. The molecule has 0 radical (unpaired) electrons. The Hall–Kier alpha value is -2.30. The molecule has 0 aliphatic rings. The Morgan fingerprint density at radius 2 is 1.72 bits per heavy atom. The van der Waals surface area contributed by atoms with Gasteiger partial charge in [-0.25, -0.2) is 0 Å². The van der Waals surface area contributed by atoms with Crippen molar-refractivity contribution in [3.05, 3.63) is 77.7 Å². The van der Waals surface area contributed by atoms with Crippen LogP contribution in [0.15, 0.2) is 66.6 Å². The zero-order chi connectivity index (χ0) is 17.7. The van der Waals surface area contributed by atoms with Crippen LogP contribution in [-0.4, -0.2) is 31.9 Å². The number of aryl methyl sites for hydroxylation is 1. The second kappa shape index (κ2) is 11.3. The van der Waals surface area contributed by atoms with E-state index < -0.39 is 0 Å². The zero-order valence-electron chi connectivity index (χ0n) is 14.8. The molecule has 0 unspecified atom stereocenters. The van der Waals surface area contributed by atoms with E-state index in [4.69, 9.17) is 9.47 Å². The van der Waals surface area contributed by atoms with Crippen LogP contribution in [0.25, 0.3) is 0 Å². The first-order valence-electron chi connectivity index (χ1n) is 8.67. The van der Waals surface area contributed by atoms with Crippen LogP contribution < -0.4 is 10.1 Å². The molecule has 0 heterocycles. The predicted octanol–water partition coefficient (Wildman–Crippen LogP) is 3.88. The molecular formula is C21H27NO3. The molecule has 25 heavy (non-hydrogen) atoms. The summed E-state index contributed by atoms with van der Waals surface area (Å²) in [6.45, 7) is 2.18. The van der Waals surface area contributed by atoms with Crippen molar-refractivity contribution in [2.24, 2.45) is 0 Å². The van der Waals surface area contributed by atoms with E-state index in [2.05, 4.69) is 17.4 Å². The standard InChI is InChI=1S/C21H27NO3/c1-24-17-5-8-19-9-11-20(12-10-19)25-21(23)14-16-22-15-13-18-6-3-2-4-7-18/h2-4,6-7,9-12,14,22-23H,5,8,13,15-17H2,1H3. The fraction of sp³-hybridized carbons (Fsp3) is 0.333. The van der Waals surface area contributed by atoms with Crippen molar-refractivity contribution in [1.29, 1.82) is 0 Å². The summed E-state index contributed by atoms with van der Waals surface area (Å²) < 4.78 is 10.5. The predicted molar refractivity (Wildman–Crippen MR) is 101 cm³/mol. The van der Waals surface area contributed by atoms with Gasteiger partial charge in [0.15, 0.2) is 0 Å². The molecule has 0 aliphatic carbocycles. The van der Waals surface area contributed by atoms with Crippen molar-refractivity contribution in [3.63, 3.8) is 0 Å². The van der Waals surface area contributed by atoms with E-state index in [1.807, 2.05) is 42.5 Å². The molecule has 2 aromatic carbocycles. The van der Waals surface area contributed by atoms with Crippen molar-refractivity contribution in [1.82, 2.24) is 5.32 Å². The van der Waals surface area contributed by atoms with Crippen LogP contribution in [-0.2, 0) is 17.6 Å². The molecule has 0 aromatic heterocycles. The third kappa shape index (κ3) is 7.88. The van der Waals surface area contributed by atoms with Gasteiger partial charge >= 0.3 is 0 Å². The lowest BCUT2D eigenvalue weighted by molar-refractivity contribution is 0.195. The van der Waals surface area contributed by atoms with Crippen LogP contribution in [0.4, 0.5) is 0 Å². The van der Waals surface area contributed by atoms with Crippen LogP contribution in [0.1, 0.15) is 17.5 Å².